The Morgan fingerprint density at radius 3 is 2.09 bits per heavy atom. The summed E-state index contributed by atoms with van der Waals surface area (Å²) in [5, 5.41) is 15.7. The molecule has 0 bridgehead atoms. The number of anilines is 1. The van der Waals surface area contributed by atoms with Gasteiger partial charge in [0, 0.05) is 11.3 Å². The number of benzene rings is 1. The van der Waals surface area contributed by atoms with Gasteiger partial charge in [0.25, 0.3) is 0 Å². The molecule has 0 fully saturated rings. The van der Waals surface area contributed by atoms with Crippen molar-refractivity contribution in [1.82, 2.24) is 5.32 Å². The minimum Gasteiger partial charge on any atom is -0.507 e. The van der Waals surface area contributed by atoms with E-state index < -0.39 is 0 Å². The van der Waals surface area contributed by atoms with Crippen LogP contribution in [-0.4, -0.2) is 34.5 Å². The average molecular weight is 493 g/mol. The summed E-state index contributed by atoms with van der Waals surface area (Å²) in [6.45, 7) is 11.9. The number of carbonyl (C=O) groups excluding carboxylic acids is 2. The third kappa shape index (κ3) is 12.1. The van der Waals surface area contributed by atoms with E-state index in [1.807, 2.05) is 34.6 Å². The topological polar surface area (TPSA) is 78.4 Å². The van der Waals surface area contributed by atoms with E-state index in [9.17, 15) is 14.7 Å². The van der Waals surface area contributed by atoms with Gasteiger partial charge < -0.3 is 15.7 Å². The third-order valence-corrected chi connectivity index (χ3v) is 7.29. The van der Waals surface area contributed by atoms with Gasteiger partial charge in [0.2, 0.25) is 11.8 Å². The van der Waals surface area contributed by atoms with Gasteiger partial charge >= 0.3 is 0 Å². The van der Waals surface area contributed by atoms with Crippen LogP contribution in [0.4, 0.5) is 5.69 Å². The Morgan fingerprint density at radius 2 is 1.53 bits per heavy atom. The number of unbranched alkanes of at least 4 members (excludes halogenated alkanes) is 9. The molecule has 1 rings (SSSR count). The minimum atomic E-state index is -0.273. The van der Waals surface area contributed by atoms with Gasteiger partial charge in [-0.1, -0.05) is 85.5 Å². The number of amides is 2. The fraction of sp³-hybridized carbons (Fsp3) is 0.714. The molecule has 0 aromatic heterocycles. The third-order valence-electron chi connectivity index (χ3n) is 6.05. The van der Waals surface area contributed by atoms with E-state index in [2.05, 4.69) is 17.6 Å². The van der Waals surface area contributed by atoms with Gasteiger partial charge in [0.05, 0.1) is 11.8 Å². The first-order valence-corrected chi connectivity index (χ1v) is 14.1. The van der Waals surface area contributed by atoms with Gasteiger partial charge in [-0.25, -0.2) is 0 Å². The van der Waals surface area contributed by atoms with Gasteiger partial charge in [-0.05, 0) is 49.1 Å². The molecular formula is C28H48N2O3S. The number of carbonyl (C=O) groups is 2. The predicted octanol–water partition coefficient (Wildman–Crippen LogP) is 7.10. The lowest BCUT2D eigenvalue weighted by atomic mass is 9.85. The van der Waals surface area contributed by atoms with Gasteiger partial charge in [-0.3, -0.25) is 9.59 Å². The van der Waals surface area contributed by atoms with E-state index in [4.69, 9.17) is 0 Å². The molecule has 194 valence electrons. The van der Waals surface area contributed by atoms with Crippen molar-refractivity contribution in [3.63, 3.8) is 0 Å². The Bertz CT molecular complexity index is 759. The Hall–Kier alpha value is -1.69. The van der Waals surface area contributed by atoms with E-state index in [0.717, 1.165) is 17.7 Å². The molecule has 0 radical (unpaired) electrons. The lowest BCUT2D eigenvalue weighted by Gasteiger charge is -2.23. The minimum absolute atomic E-state index is 0.0627. The van der Waals surface area contributed by atoms with Gasteiger partial charge in [-0.15, -0.1) is 11.8 Å². The van der Waals surface area contributed by atoms with E-state index in [0.29, 0.717) is 11.3 Å². The number of aromatic hydroxyl groups is 1. The highest BCUT2D eigenvalue weighted by molar-refractivity contribution is 8.00. The lowest BCUT2D eigenvalue weighted by molar-refractivity contribution is -0.123. The predicted molar refractivity (Wildman–Crippen MR) is 147 cm³/mol. The highest BCUT2D eigenvalue weighted by atomic mass is 32.2. The number of rotatable bonds is 16. The number of aryl methyl sites for hydroxylation is 1. The standard InChI is InChI=1S/C28H48N2O3S/c1-7-8-9-10-11-12-13-14-15-16-17-34-22(3)27(33)29-20-25(31)30-23-18-21(2)26(32)24(19-23)28(4,5)6/h18-19,22,32H,7-17,20H2,1-6H3,(H,29,33)(H,30,31). The molecule has 5 nitrogen and oxygen atoms in total. The van der Waals surface area contributed by atoms with Crippen LogP contribution in [0.5, 0.6) is 5.75 Å². The van der Waals surface area contributed by atoms with Crippen molar-refractivity contribution in [2.24, 2.45) is 0 Å². The maximum absolute atomic E-state index is 12.4. The largest absolute Gasteiger partial charge is 0.507 e. The summed E-state index contributed by atoms with van der Waals surface area (Å²) in [5.41, 5.74) is 1.88. The highest BCUT2D eigenvalue weighted by Gasteiger charge is 2.21. The molecule has 2 amide bonds. The zero-order valence-electron chi connectivity index (χ0n) is 22.4. The maximum Gasteiger partial charge on any atom is 0.243 e. The molecule has 34 heavy (non-hydrogen) atoms. The van der Waals surface area contributed by atoms with E-state index in [1.54, 1.807) is 23.9 Å². The second-order valence-corrected chi connectivity index (χ2v) is 11.8. The maximum atomic E-state index is 12.4. The van der Waals surface area contributed by atoms with E-state index in [1.165, 1.54) is 57.8 Å². The molecule has 0 aliphatic carbocycles. The molecule has 1 aromatic carbocycles. The van der Waals surface area contributed by atoms with Crippen molar-refractivity contribution >= 4 is 29.3 Å². The van der Waals surface area contributed by atoms with Crippen LogP contribution in [0.1, 0.15) is 110 Å². The Balaban J connectivity index is 2.25. The fourth-order valence-electron chi connectivity index (χ4n) is 3.87. The SMILES string of the molecule is CCCCCCCCCCCCSC(C)C(=O)NCC(=O)Nc1cc(C)c(O)c(C(C)(C)C)c1. The Morgan fingerprint density at radius 1 is 0.971 bits per heavy atom. The molecule has 1 aromatic rings. The smallest absolute Gasteiger partial charge is 0.243 e. The van der Waals surface area contributed by atoms with Gasteiger partial charge in [0.1, 0.15) is 5.75 Å². The van der Waals surface area contributed by atoms with Crippen LogP contribution >= 0.6 is 11.8 Å². The highest BCUT2D eigenvalue weighted by Crippen LogP contribution is 2.35. The van der Waals surface area contributed by atoms with Gasteiger partial charge in [-0.2, -0.15) is 0 Å². The number of hydrogen-bond acceptors (Lipinski definition) is 4. The molecule has 0 saturated carbocycles. The fourth-order valence-corrected chi connectivity index (χ4v) is 4.82. The summed E-state index contributed by atoms with van der Waals surface area (Å²) < 4.78 is 0. The van der Waals surface area contributed by atoms with Crippen LogP contribution in [0.25, 0.3) is 0 Å². The summed E-state index contributed by atoms with van der Waals surface area (Å²) >= 11 is 1.65. The lowest BCUT2D eigenvalue weighted by Crippen LogP contribution is -2.37. The van der Waals surface area contributed by atoms with Crippen LogP contribution in [-0.2, 0) is 15.0 Å². The average Bonchev–Trinajstić information content (AvgIpc) is 2.77. The first-order valence-electron chi connectivity index (χ1n) is 13.1. The summed E-state index contributed by atoms with van der Waals surface area (Å²) in [7, 11) is 0. The van der Waals surface area contributed by atoms with E-state index >= 15 is 0 Å². The second kappa shape index (κ2) is 16.1. The number of phenolic OH excluding ortho intramolecular Hbond substituents is 1. The summed E-state index contributed by atoms with van der Waals surface area (Å²) in [6.07, 6.45) is 13.1. The monoisotopic (exact) mass is 492 g/mol. The molecule has 0 spiro atoms. The first kappa shape index (κ1) is 30.3. The molecule has 3 N–H and O–H groups in total. The zero-order chi connectivity index (χ0) is 25.6. The van der Waals surface area contributed by atoms with Crippen molar-refractivity contribution in [2.75, 3.05) is 17.6 Å². The molecule has 0 heterocycles. The second-order valence-electron chi connectivity index (χ2n) is 10.4. The molecule has 6 heteroatoms. The van der Waals surface area contributed by atoms with Crippen LogP contribution in [0, 0.1) is 6.92 Å². The van der Waals surface area contributed by atoms with Crippen LogP contribution in [0.2, 0.25) is 0 Å². The van der Waals surface area contributed by atoms with Crippen molar-refractivity contribution in [3.8, 4) is 5.75 Å². The normalized spacial score (nSPS) is 12.4. The summed E-state index contributed by atoms with van der Waals surface area (Å²) in [6, 6.07) is 3.54. The molecule has 1 unspecified atom stereocenters. The molecule has 0 aliphatic heterocycles. The van der Waals surface area contributed by atoms with Gasteiger partial charge in [0.15, 0.2) is 0 Å². The number of nitrogens with one attached hydrogen (secondary N) is 2. The first-order chi connectivity index (χ1) is 16.1. The van der Waals surface area contributed by atoms with E-state index in [-0.39, 0.29) is 34.8 Å². The van der Waals surface area contributed by atoms with Crippen LogP contribution < -0.4 is 10.6 Å². The molecule has 0 aliphatic rings. The molecule has 0 saturated heterocycles. The van der Waals surface area contributed by atoms with Crippen molar-refractivity contribution in [3.05, 3.63) is 23.3 Å². The Labute approximate surface area is 212 Å². The molecule has 1 atom stereocenters. The Kier molecular flexibility index (Phi) is 14.3. The quantitative estimate of drug-likeness (QED) is 0.170. The zero-order valence-corrected chi connectivity index (χ0v) is 23.2. The van der Waals surface area contributed by atoms with Crippen LogP contribution in [0.15, 0.2) is 12.1 Å². The number of phenols is 1. The summed E-state index contributed by atoms with van der Waals surface area (Å²) in [5.74, 6) is 0.848. The van der Waals surface area contributed by atoms with Crippen LogP contribution in [0.3, 0.4) is 0 Å². The van der Waals surface area contributed by atoms with Crippen molar-refractivity contribution < 1.29 is 14.7 Å². The van der Waals surface area contributed by atoms with Crippen molar-refractivity contribution in [2.45, 2.75) is 116 Å². The summed E-state index contributed by atoms with van der Waals surface area (Å²) in [4.78, 5) is 24.7. The van der Waals surface area contributed by atoms with Crippen molar-refractivity contribution in [1.29, 1.82) is 0 Å². The number of hydrogen-bond donors (Lipinski definition) is 3. The molecular weight excluding hydrogens is 444 g/mol. The number of thioether (sulfide) groups is 1.